The Morgan fingerprint density at radius 1 is 1.00 bits per heavy atom. The molecular formula is C18H16F2N4OS. The number of carbonyl (C=O) groups excluding carboxylic acids is 1. The number of hydrogen-bond donors (Lipinski definition) is 0. The smallest absolute Gasteiger partial charge is 0.329 e. The molecule has 0 aliphatic heterocycles. The first-order valence-electron chi connectivity index (χ1n) is 7.75. The van der Waals surface area contributed by atoms with E-state index >= 15 is 0 Å². The van der Waals surface area contributed by atoms with Crippen LogP contribution >= 0.6 is 11.8 Å². The summed E-state index contributed by atoms with van der Waals surface area (Å²) in [6.45, 7) is 0. The van der Waals surface area contributed by atoms with Crippen LogP contribution in [0.5, 0.6) is 0 Å². The zero-order valence-corrected chi connectivity index (χ0v) is 15.0. The predicted molar refractivity (Wildman–Crippen MR) is 95.0 cm³/mol. The number of benzene rings is 2. The zero-order valence-electron chi connectivity index (χ0n) is 14.1. The highest BCUT2D eigenvalue weighted by atomic mass is 32.2. The van der Waals surface area contributed by atoms with E-state index in [-0.39, 0.29) is 22.9 Å². The SMILES string of the molecule is CN(C)C(=O)n1cnc(SC(c2ccc(F)cc2)c2ccc(F)cc2)n1. The second-order valence-corrected chi connectivity index (χ2v) is 6.82. The van der Waals surface area contributed by atoms with Crippen LogP contribution in [0.3, 0.4) is 0 Å². The van der Waals surface area contributed by atoms with Crippen LogP contribution < -0.4 is 0 Å². The fraction of sp³-hybridized carbons (Fsp3) is 0.167. The number of nitrogens with zero attached hydrogens (tertiary/aromatic N) is 4. The average molecular weight is 374 g/mol. The summed E-state index contributed by atoms with van der Waals surface area (Å²) < 4.78 is 27.7. The van der Waals surface area contributed by atoms with E-state index in [4.69, 9.17) is 0 Å². The van der Waals surface area contributed by atoms with Gasteiger partial charge in [-0.1, -0.05) is 36.0 Å². The molecule has 8 heteroatoms. The molecule has 134 valence electrons. The number of hydrogen-bond acceptors (Lipinski definition) is 4. The Balaban J connectivity index is 1.92. The first-order chi connectivity index (χ1) is 12.4. The number of halogens is 2. The lowest BCUT2D eigenvalue weighted by molar-refractivity contribution is 0.215. The van der Waals surface area contributed by atoms with Gasteiger partial charge in [0.05, 0.1) is 5.25 Å². The maximum atomic E-state index is 13.3. The Bertz CT molecular complexity index is 849. The molecule has 0 unspecified atom stereocenters. The van der Waals surface area contributed by atoms with Gasteiger partial charge in [-0.05, 0) is 35.4 Å². The second-order valence-electron chi connectivity index (χ2n) is 5.75. The molecule has 0 aliphatic rings. The van der Waals surface area contributed by atoms with Crippen LogP contribution in [0.25, 0.3) is 0 Å². The Kier molecular flexibility index (Phi) is 5.32. The lowest BCUT2D eigenvalue weighted by Crippen LogP contribution is -2.27. The minimum Gasteiger partial charge on any atom is -0.329 e. The van der Waals surface area contributed by atoms with Crippen LogP contribution in [0, 0.1) is 11.6 Å². The summed E-state index contributed by atoms with van der Waals surface area (Å²) in [5, 5.41) is 4.30. The summed E-state index contributed by atoms with van der Waals surface area (Å²) in [5.74, 6) is -0.675. The lowest BCUT2D eigenvalue weighted by Gasteiger charge is -2.16. The molecule has 1 heterocycles. The molecule has 2 aromatic carbocycles. The maximum Gasteiger partial charge on any atom is 0.345 e. The van der Waals surface area contributed by atoms with Crippen molar-refractivity contribution in [2.24, 2.45) is 0 Å². The summed E-state index contributed by atoms with van der Waals surface area (Å²) in [6, 6.07) is 11.8. The molecule has 0 bridgehead atoms. The fourth-order valence-electron chi connectivity index (χ4n) is 2.31. The molecule has 5 nitrogen and oxygen atoms in total. The van der Waals surface area contributed by atoms with E-state index in [1.54, 1.807) is 38.4 Å². The third-order valence-electron chi connectivity index (χ3n) is 3.62. The van der Waals surface area contributed by atoms with Gasteiger partial charge >= 0.3 is 6.03 Å². The predicted octanol–water partition coefficient (Wildman–Crippen LogP) is 3.97. The van der Waals surface area contributed by atoms with Crippen molar-refractivity contribution in [3.63, 3.8) is 0 Å². The van der Waals surface area contributed by atoms with Gasteiger partial charge < -0.3 is 4.90 Å². The molecule has 26 heavy (non-hydrogen) atoms. The molecular weight excluding hydrogens is 358 g/mol. The van der Waals surface area contributed by atoms with Crippen molar-refractivity contribution in [3.8, 4) is 0 Å². The van der Waals surface area contributed by atoms with Gasteiger partial charge in [0.15, 0.2) is 0 Å². The van der Waals surface area contributed by atoms with Crippen molar-refractivity contribution in [2.75, 3.05) is 14.1 Å². The first-order valence-corrected chi connectivity index (χ1v) is 8.63. The molecule has 0 saturated carbocycles. The molecule has 0 radical (unpaired) electrons. The lowest BCUT2D eigenvalue weighted by atomic mass is 10.0. The monoisotopic (exact) mass is 374 g/mol. The summed E-state index contributed by atoms with van der Waals surface area (Å²) in [5.41, 5.74) is 1.64. The van der Waals surface area contributed by atoms with Crippen LogP contribution in [-0.2, 0) is 0 Å². The minimum absolute atomic E-state index is 0.276. The van der Waals surface area contributed by atoms with E-state index in [1.807, 2.05) is 0 Å². The highest BCUT2D eigenvalue weighted by Crippen LogP contribution is 2.39. The van der Waals surface area contributed by atoms with Gasteiger partial charge in [0.2, 0.25) is 5.16 Å². The Hall–Kier alpha value is -2.74. The first kappa shape index (κ1) is 18.1. The van der Waals surface area contributed by atoms with Gasteiger partial charge in [-0.15, -0.1) is 5.10 Å². The Morgan fingerprint density at radius 2 is 1.50 bits per heavy atom. The minimum atomic E-state index is -0.337. The van der Waals surface area contributed by atoms with Crippen molar-refractivity contribution in [1.82, 2.24) is 19.7 Å². The van der Waals surface area contributed by atoms with Crippen LogP contribution in [0.2, 0.25) is 0 Å². The number of aromatic nitrogens is 3. The molecule has 0 saturated heterocycles. The summed E-state index contributed by atoms with van der Waals surface area (Å²) >= 11 is 1.30. The van der Waals surface area contributed by atoms with E-state index in [2.05, 4.69) is 10.1 Å². The number of thioether (sulfide) groups is 1. The second kappa shape index (κ2) is 7.65. The van der Waals surface area contributed by atoms with Crippen LogP contribution in [-0.4, -0.2) is 39.8 Å². The molecule has 1 aromatic heterocycles. The van der Waals surface area contributed by atoms with Gasteiger partial charge in [0, 0.05) is 14.1 Å². The molecule has 0 atom stereocenters. The van der Waals surface area contributed by atoms with Gasteiger partial charge in [-0.25, -0.2) is 18.6 Å². The van der Waals surface area contributed by atoms with Crippen molar-refractivity contribution in [2.45, 2.75) is 10.4 Å². The number of rotatable bonds is 4. The summed E-state index contributed by atoms with van der Waals surface area (Å²) in [7, 11) is 3.24. The third-order valence-corrected chi connectivity index (χ3v) is 4.80. The van der Waals surface area contributed by atoms with Gasteiger partial charge in [-0.3, -0.25) is 0 Å². The van der Waals surface area contributed by atoms with Crippen molar-refractivity contribution in [3.05, 3.63) is 77.6 Å². The molecule has 0 fully saturated rings. The quantitative estimate of drug-likeness (QED) is 0.649. The van der Waals surface area contributed by atoms with Crippen LogP contribution in [0.15, 0.2) is 60.0 Å². The van der Waals surface area contributed by atoms with Gasteiger partial charge in [-0.2, -0.15) is 4.68 Å². The van der Waals surface area contributed by atoms with Crippen molar-refractivity contribution >= 4 is 17.8 Å². The number of amides is 1. The molecule has 0 aliphatic carbocycles. The molecule has 3 aromatic rings. The van der Waals surface area contributed by atoms with Crippen LogP contribution in [0.4, 0.5) is 13.6 Å². The van der Waals surface area contributed by atoms with E-state index < -0.39 is 0 Å². The standard InChI is InChI=1S/C18H16F2N4OS/c1-23(2)18(25)24-11-21-17(22-24)26-16(12-3-7-14(19)8-4-12)13-5-9-15(20)10-6-13/h3-11,16H,1-2H3. The summed E-state index contributed by atoms with van der Waals surface area (Å²) in [6.07, 6.45) is 1.34. The highest BCUT2D eigenvalue weighted by Gasteiger charge is 2.20. The van der Waals surface area contributed by atoms with E-state index in [0.717, 1.165) is 15.8 Å². The van der Waals surface area contributed by atoms with Crippen molar-refractivity contribution in [1.29, 1.82) is 0 Å². The van der Waals surface area contributed by atoms with Crippen molar-refractivity contribution < 1.29 is 13.6 Å². The van der Waals surface area contributed by atoms with E-state index in [0.29, 0.717) is 5.16 Å². The molecule has 3 rings (SSSR count). The zero-order chi connectivity index (χ0) is 18.7. The Labute approximate surface area is 153 Å². The fourth-order valence-corrected chi connectivity index (χ4v) is 3.35. The number of carbonyl (C=O) groups is 1. The molecule has 1 amide bonds. The topological polar surface area (TPSA) is 51.0 Å². The van der Waals surface area contributed by atoms with Crippen LogP contribution in [0.1, 0.15) is 16.4 Å². The largest absolute Gasteiger partial charge is 0.345 e. The normalized spacial score (nSPS) is 11.0. The maximum absolute atomic E-state index is 13.3. The summed E-state index contributed by atoms with van der Waals surface area (Å²) in [4.78, 5) is 17.5. The van der Waals surface area contributed by atoms with E-state index in [1.165, 1.54) is 47.3 Å². The average Bonchev–Trinajstić information content (AvgIpc) is 3.09. The molecule has 0 N–H and O–H groups in total. The van der Waals surface area contributed by atoms with Gasteiger partial charge in [0.1, 0.15) is 18.0 Å². The Morgan fingerprint density at radius 3 is 1.96 bits per heavy atom. The van der Waals surface area contributed by atoms with Gasteiger partial charge in [0.25, 0.3) is 0 Å². The third kappa shape index (κ3) is 4.08. The highest BCUT2D eigenvalue weighted by molar-refractivity contribution is 7.99. The molecule has 0 spiro atoms. The van der Waals surface area contributed by atoms with E-state index in [9.17, 15) is 13.6 Å².